The highest BCUT2D eigenvalue weighted by atomic mass is 32.2. The second kappa shape index (κ2) is 3.58. The average Bonchev–Trinajstić information content (AvgIpc) is 2.26. The van der Waals surface area contributed by atoms with Gasteiger partial charge in [-0.15, -0.1) is 0 Å². The highest BCUT2D eigenvalue weighted by Crippen LogP contribution is 2.14. The molecule has 13 heavy (non-hydrogen) atoms. The Morgan fingerprint density at radius 3 is 2.77 bits per heavy atom. The maximum absolute atomic E-state index is 11.1. The van der Waals surface area contributed by atoms with Crippen LogP contribution in [-0.2, 0) is 9.84 Å². The first-order valence-corrected chi connectivity index (χ1v) is 5.61. The van der Waals surface area contributed by atoms with E-state index in [1.54, 1.807) is 18.2 Å². The highest BCUT2D eigenvalue weighted by molar-refractivity contribution is 7.94. The normalized spacial score (nSPS) is 16.9. The zero-order chi connectivity index (χ0) is 9.90. The Labute approximate surface area is 77.6 Å². The van der Waals surface area contributed by atoms with Crippen molar-refractivity contribution in [1.82, 2.24) is 0 Å². The van der Waals surface area contributed by atoms with Gasteiger partial charge >= 0.3 is 0 Å². The van der Waals surface area contributed by atoms with Gasteiger partial charge in [0, 0.05) is 18.2 Å². The fraction of sp³-hybridized carbons (Fsp3) is 0.222. The maximum atomic E-state index is 11.1. The van der Waals surface area contributed by atoms with E-state index in [9.17, 15) is 8.42 Å². The molecule has 68 valence electrons. The van der Waals surface area contributed by atoms with Crippen LogP contribution in [0.15, 0.2) is 34.8 Å². The Morgan fingerprint density at radius 2 is 2.23 bits per heavy atom. The Kier molecular flexibility index (Phi) is 2.69. The lowest BCUT2D eigenvalue weighted by Crippen LogP contribution is -1.97. The third-order valence-electron chi connectivity index (χ3n) is 1.65. The monoisotopic (exact) mass is 195 g/mol. The van der Waals surface area contributed by atoms with Crippen LogP contribution in [0.3, 0.4) is 0 Å². The second-order valence-corrected chi connectivity index (χ2v) is 4.76. The van der Waals surface area contributed by atoms with Gasteiger partial charge in [0.1, 0.15) is 0 Å². The third-order valence-corrected chi connectivity index (χ3v) is 2.81. The molecule has 0 amide bonds. The van der Waals surface area contributed by atoms with Crippen molar-refractivity contribution >= 4 is 9.84 Å². The largest absolute Gasteiger partial charge is 0.224 e. The second-order valence-electron chi connectivity index (χ2n) is 2.75. The van der Waals surface area contributed by atoms with Gasteiger partial charge in [0.25, 0.3) is 0 Å². The van der Waals surface area contributed by atoms with Crippen molar-refractivity contribution in [3.8, 4) is 6.07 Å². The predicted octanol–water partition coefficient (Wildman–Crippen LogP) is 1.32. The van der Waals surface area contributed by atoms with Crippen molar-refractivity contribution in [3.05, 3.63) is 34.8 Å². The van der Waals surface area contributed by atoms with Crippen molar-refractivity contribution in [3.63, 3.8) is 0 Å². The summed E-state index contributed by atoms with van der Waals surface area (Å²) in [6.07, 6.45) is 7.78. The molecule has 0 radical (unpaired) electrons. The molecule has 0 aromatic heterocycles. The van der Waals surface area contributed by atoms with Crippen LogP contribution in [0.1, 0.15) is 6.42 Å². The molecule has 0 heterocycles. The van der Waals surface area contributed by atoms with E-state index in [-0.39, 0.29) is 4.91 Å². The molecule has 0 saturated heterocycles. The molecule has 0 N–H and O–H groups in total. The quantitative estimate of drug-likeness (QED) is 0.634. The Hall–Kier alpha value is -1.34. The number of hydrogen-bond acceptors (Lipinski definition) is 3. The molecule has 0 unspecified atom stereocenters. The van der Waals surface area contributed by atoms with Crippen molar-refractivity contribution in [1.29, 1.82) is 5.26 Å². The van der Waals surface area contributed by atoms with Crippen LogP contribution in [0.2, 0.25) is 0 Å². The van der Waals surface area contributed by atoms with Crippen LogP contribution in [0.5, 0.6) is 0 Å². The summed E-state index contributed by atoms with van der Waals surface area (Å²) in [7, 11) is -3.15. The fourth-order valence-electron chi connectivity index (χ4n) is 0.964. The number of rotatable bonds is 1. The molecule has 0 aromatic rings. The van der Waals surface area contributed by atoms with Gasteiger partial charge in [-0.05, 0) is 12.2 Å². The minimum absolute atomic E-state index is 0.272. The summed E-state index contributed by atoms with van der Waals surface area (Å²) in [6.45, 7) is 0. The Balaban J connectivity index is 3.02. The van der Waals surface area contributed by atoms with Gasteiger partial charge < -0.3 is 0 Å². The lowest BCUT2D eigenvalue weighted by molar-refractivity contribution is 0.608. The molecule has 0 spiro atoms. The summed E-state index contributed by atoms with van der Waals surface area (Å²) in [5, 5.41) is 8.57. The molecular formula is C9H9NO2S. The minimum atomic E-state index is -3.15. The molecule has 3 nitrogen and oxygen atoms in total. The van der Waals surface area contributed by atoms with Crippen molar-refractivity contribution in [2.45, 2.75) is 6.42 Å². The van der Waals surface area contributed by atoms with Crippen molar-refractivity contribution < 1.29 is 8.42 Å². The lowest BCUT2D eigenvalue weighted by atomic mass is 10.2. The smallest absolute Gasteiger partial charge is 0.175 e. The maximum Gasteiger partial charge on any atom is 0.175 e. The van der Waals surface area contributed by atoms with Crippen LogP contribution < -0.4 is 0 Å². The average molecular weight is 195 g/mol. The van der Waals surface area contributed by atoms with Crippen LogP contribution in [0.4, 0.5) is 0 Å². The van der Waals surface area contributed by atoms with E-state index in [1.165, 1.54) is 6.08 Å². The van der Waals surface area contributed by atoms with Crippen molar-refractivity contribution in [2.24, 2.45) is 0 Å². The zero-order valence-electron chi connectivity index (χ0n) is 7.19. The van der Waals surface area contributed by atoms with Gasteiger partial charge in [-0.25, -0.2) is 8.42 Å². The van der Waals surface area contributed by atoms with Gasteiger partial charge in [-0.3, -0.25) is 0 Å². The molecular weight excluding hydrogens is 186 g/mol. The fourth-order valence-corrected chi connectivity index (χ4v) is 1.68. The Bertz CT molecular complexity index is 433. The first-order valence-electron chi connectivity index (χ1n) is 3.71. The van der Waals surface area contributed by atoms with Gasteiger partial charge in [-0.2, -0.15) is 5.26 Å². The van der Waals surface area contributed by atoms with Crippen LogP contribution in [0.25, 0.3) is 0 Å². The number of sulfone groups is 1. The van der Waals surface area contributed by atoms with Crippen LogP contribution in [-0.4, -0.2) is 14.7 Å². The van der Waals surface area contributed by atoms with E-state index in [1.807, 2.05) is 6.07 Å². The molecule has 0 fully saturated rings. The highest BCUT2D eigenvalue weighted by Gasteiger charge is 2.08. The topological polar surface area (TPSA) is 57.9 Å². The molecule has 0 bridgehead atoms. The molecule has 0 aromatic carbocycles. The van der Waals surface area contributed by atoms with E-state index < -0.39 is 9.84 Å². The first kappa shape index (κ1) is 9.75. The van der Waals surface area contributed by atoms with Gasteiger partial charge in [0.05, 0.1) is 11.0 Å². The van der Waals surface area contributed by atoms with Crippen molar-refractivity contribution in [2.75, 3.05) is 6.26 Å². The van der Waals surface area contributed by atoms with E-state index in [2.05, 4.69) is 0 Å². The molecule has 1 aliphatic rings. The first-order chi connectivity index (χ1) is 6.04. The van der Waals surface area contributed by atoms with E-state index in [0.717, 1.165) is 6.26 Å². The molecule has 0 atom stereocenters. The third kappa shape index (κ3) is 2.56. The summed E-state index contributed by atoms with van der Waals surface area (Å²) < 4.78 is 22.2. The summed E-state index contributed by atoms with van der Waals surface area (Å²) >= 11 is 0. The molecule has 1 aliphatic carbocycles. The molecule has 1 rings (SSSR count). The number of nitrogens with zero attached hydrogens (tertiary/aromatic N) is 1. The van der Waals surface area contributed by atoms with Crippen LogP contribution >= 0.6 is 0 Å². The Morgan fingerprint density at radius 1 is 1.54 bits per heavy atom. The van der Waals surface area contributed by atoms with Crippen LogP contribution in [0, 0.1) is 11.3 Å². The molecule has 4 heteroatoms. The predicted molar refractivity (Wildman–Crippen MR) is 50.4 cm³/mol. The molecule has 0 aliphatic heterocycles. The standard InChI is InChI=1S/C9H9NO2S/c1-13(11,12)9-4-2-3-8(7-10)5-6-9/h2-4,6H,5H2,1H3. The number of nitriles is 1. The minimum Gasteiger partial charge on any atom is -0.224 e. The molecule has 0 saturated carbocycles. The van der Waals surface area contributed by atoms with Gasteiger partial charge in [0.2, 0.25) is 0 Å². The number of hydrogen-bond donors (Lipinski definition) is 0. The number of allylic oxidation sites excluding steroid dienone is 5. The zero-order valence-corrected chi connectivity index (χ0v) is 8.00. The van der Waals surface area contributed by atoms with E-state index in [4.69, 9.17) is 5.26 Å². The van der Waals surface area contributed by atoms with E-state index in [0.29, 0.717) is 12.0 Å². The lowest BCUT2D eigenvalue weighted by Gasteiger charge is -1.95. The van der Waals surface area contributed by atoms with E-state index >= 15 is 0 Å². The SMILES string of the molecule is CS(=O)(=O)C1=CCC(C#N)=CC=C1. The van der Waals surface area contributed by atoms with Gasteiger partial charge in [-0.1, -0.05) is 12.2 Å². The summed E-state index contributed by atoms with van der Waals surface area (Å²) in [4.78, 5) is 0.272. The summed E-state index contributed by atoms with van der Waals surface area (Å²) in [5.41, 5.74) is 0.565. The summed E-state index contributed by atoms with van der Waals surface area (Å²) in [5.74, 6) is 0. The van der Waals surface area contributed by atoms with Gasteiger partial charge in [0.15, 0.2) is 9.84 Å². The summed E-state index contributed by atoms with van der Waals surface area (Å²) in [6, 6.07) is 1.99.